The van der Waals surface area contributed by atoms with Gasteiger partial charge < -0.3 is 19.7 Å². The van der Waals surface area contributed by atoms with E-state index < -0.39 is 0 Å². The van der Waals surface area contributed by atoms with Gasteiger partial charge in [-0.15, -0.1) is 0 Å². The number of ether oxygens (including phenoxy) is 1. The highest BCUT2D eigenvalue weighted by atomic mass is 16.5. The van der Waals surface area contributed by atoms with Crippen molar-refractivity contribution >= 4 is 17.5 Å². The minimum atomic E-state index is -0.327. The van der Waals surface area contributed by atoms with Gasteiger partial charge in [0.05, 0.1) is 23.3 Å². The average molecular weight is 434 g/mol. The molecular formula is C22H22N6O4. The normalized spacial score (nSPS) is 17.7. The zero-order valence-corrected chi connectivity index (χ0v) is 17.3. The lowest BCUT2D eigenvalue weighted by atomic mass is 10.1. The van der Waals surface area contributed by atoms with E-state index in [1.807, 2.05) is 18.2 Å². The topological polar surface area (TPSA) is 126 Å². The summed E-state index contributed by atoms with van der Waals surface area (Å²) in [4.78, 5) is 23.1. The summed E-state index contributed by atoms with van der Waals surface area (Å²) in [6.07, 6.45) is 3.97. The fourth-order valence-electron chi connectivity index (χ4n) is 4.31. The van der Waals surface area contributed by atoms with Crippen LogP contribution in [0.1, 0.15) is 35.4 Å². The van der Waals surface area contributed by atoms with Gasteiger partial charge >= 0.3 is 6.03 Å². The fraction of sp³-hybridized carbons (Fsp3) is 0.364. The third-order valence-electron chi connectivity index (χ3n) is 6.42. The molecule has 1 fully saturated rings. The van der Waals surface area contributed by atoms with Gasteiger partial charge in [-0.1, -0.05) is 5.16 Å². The van der Waals surface area contributed by atoms with Gasteiger partial charge in [-0.05, 0) is 43.0 Å². The lowest BCUT2D eigenvalue weighted by Gasteiger charge is -2.17. The predicted molar refractivity (Wildman–Crippen MR) is 114 cm³/mol. The Morgan fingerprint density at radius 1 is 1.28 bits per heavy atom. The van der Waals surface area contributed by atoms with Crippen molar-refractivity contribution in [3.8, 4) is 11.6 Å². The maximum atomic E-state index is 12.9. The van der Waals surface area contributed by atoms with Crippen LogP contribution < -0.4 is 20.3 Å². The molecule has 0 unspecified atom stereocenters. The molecule has 10 nitrogen and oxygen atoms in total. The number of aliphatic hydroxyl groups excluding tert-OH is 1. The Bertz CT molecular complexity index is 1200. The molecular weight excluding hydrogens is 412 g/mol. The Hall–Kier alpha value is -3.50. The molecule has 1 aliphatic carbocycles. The van der Waals surface area contributed by atoms with Gasteiger partial charge in [-0.2, -0.15) is 0 Å². The standard InChI is InChI=1S/C22H22N6O4/c29-11-22(4-5-22)18-8-19(27-32-18)26-21(30)28-6-3-13-7-14(1-2-17(13)28)31-20-15-9-23-10-16(15)24-12-25-20/h1-2,7-8,12,23,29H,3-6,9-11H2,(H,26,27,30). The zero-order valence-electron chi connectivity index (χ0n) is 17.3. The van der Waals surface area contributed by atoms with E-state index in [1.165, 1.54) is 6.33 Å². The molecule has 6 rings (SSSR count). The average Bonchev–Trinajstić information content (AvgIpc) is 3.15. The Labute approximate surface area is 183 Å². The van der Waals surface area contributed by atoms with Crippen LogP contribution in [0.4, 0.5) is 16.3 Å². The lowest BCUT2D eigenvalue weighted by molar-refractivity contribution is 0.226. The summed E-state index contributed by atoms with van der Waals surface area (Å²) in [5.74, 6) is 2.21. The van der Waals surface area contributed by atoms with Crippen LogP contribution in [0.2, 0.25) is 0 Å². The molecule has 0 bridgehead atoms. The van der Waals surface area contributed by atoms with E-state index >= 15 is 0 Å². The molecule has 1 aromatic carbocycles. The highest BCUT2D eigenvalue weighted by Gasteiger charge is 2.47. The third-order valence-corrected chi connectivity index (χ3v) is 6.42. The second-order valence-corrected chi connectivity index (χ2v) is 8.45. The van der Waals surface area contributed by atoms with E-state index in [9.17, 15) is 9.90 Å². The number of urea groups is 1. The van der Waals surface area contributed by atoms with Crippen LogP contribution in [0.3, 0.4) is 0 Å². The third kappa shape index (κ3) is 3.19. The largest absolute Gasteiger partial charge is 0.439 e. The molecule has 0 saturated heterocycles. The Kier molecular flexibility index (Phi) is 4.37. The first-order chi connectivity index (χ1) is 15.6. The molecule has 10 heteroatoms. The minimum absolute atomic E-state index is 0.0216. The van der Waals surface area contributed by atoms with E-state index in [-0.39, 0.29) is 18.1 Å². The van der Waals surface area contributed by atoms with Crippen LogP contribution in [0, 0.1) is 0 Å². The molecule has 0 spiro atoms. The molecule has 0 radical (unpaired) electrons. The summed E-state index contributed by atoms with van der Waals surface area (Å²) in [5.41, 5.74) is 3.48. The van der Waals surface area contributed by atoms with Gasteiger partial charge in [0.25, 0.3) is 0 Å². The van der Waals surface area contributed by atoms with Gasteiger partial charge in [0.1, 0.15) is 17.8 Å². The molecule has 32 heavy (non-hydrogen) atoms. The minimum Gasteiger partial charge on any atom is -0.439 e. The van der Waals surface area contributed by atoms with Crippen LogP contribution >= 0.6 is 0 Å². The van der Waals surface area contributed by atoms with E-state index in [1.54, 1.807) is 11.0 Å². The van der Waals surface area contributed by atoms with Crippen LogP contribution in [0.25, 0.3) is 0 Å². The SMILES string of the molecule is O=C(Nc1cc(C2(CO)CC2)on1)N1CCc2cc(Oc3ncnc4c3CNC4)ccc21. The second kappa shape index (κ2) is 7.28. The van der Waals surface area contributed by atoms with E-state index in [0.717, 1.165) is 48.3 Å². The summed E-state index contributed by atoms with van der Waals surface area (Å²) in [6, 6.07) is 7.10. The number of hydrogen-bond donors (Lipinski definition) is 3. The van der Waals surface area contributed by atoms with E-state index in [2.05, 4.69) is 25.8 Å². The number of nitrogens with zero attached hydrogens (tertiary/aromatic N) is 4. The molecule has 1 saturated carbocycles. The molecule has 3 aromatic rings. The van der Waals surface area contributed by atoms with Gasteiger partial charge in [-0.3, -0.25) is 10.2 Å². The van der Waals surface area contributed by atoms with Gasteiger partial charge in [-0.25, -0.2) is 14.8 Å². The van der Waals surface area contributed by atoms with Crippen molar-refractivity contribution < 1.29 is 19.2 Å². The molecule has 4 heterocycles. The number of aliphatic hydroxyl groups is 1. The second-order valence-electron chi connectivity index (χ2n) is 8.45. The first-order valence-electron chi connectivity index (χ1n) is 10.7. The van der Waals surface area contributed by atoms with Crippen molar-refractivity contribution in [2.75, 3.05) is 23.4 Å². The van der Waals surface area contributed by atoms with Crippen LogP contribution in [-0.4, -0.2) is 39.4 Å². The number of anilines is 2. The Morgan fingerprint density at radius 2 is 2.19 bits per heavy atom. The summed E-state index contributed by atoms with van der Waals surface area (Å²) in [6.45, 7) is 1.99. The number of hydrogen-bond acceptors (Lipinski definition) is 8. The van der Waals surface area contributed by atoms with Gasteiger partial charge in [0, 0.05) is 31.4 Å². The maximum Gasteiger partial charge on any atom is 0.327 e. The molecule has 2 amide bonds. The van der Waals surface area contributed by atoms with Crippen molar-refractivity contribution in [1.29, 1.82) is 0 Å². The highest BCUT2D eigenvalue weighted by Crippen LogP contribution is 2.48. The van der Waals surface area contributed by atoms with Crippen molar-refractivity contribution in [2.45, 2.75) is 37.8 Å². The zero-order chi connectivity index (χ0) is 21.7. The van der Waals surface area contributed by atoms with E-state index in [0.29, 0.717) is 36.3 Å². The first kappa shape index (κ1) is 19.2. The van der Waals surface area contributed by atoms with Crippen LogP contribution in [-0.2, 0) is 24.9 Å². The molecule has 2 aliphatic heterocycles. The van der Waals surface area contributed by atoms with Crippen molar-refractivity contribution in [1.82, 2.24) is 20.4 Å². The predicted octanol–water partition coefficient (Wildman–Crippen LogP) is 2.48. The molecule has 3 N–H and O–H groups in total. The number of aromatic nitrogens is 3. The number of rotatable bonds is 5. The van der Waals surface area contributed by atoms with Gasteiger partial charge in [0.2, 0.25) is 5.88 Å². The fourth-order valence-corrected chi connectivity index (χ4v) is 4.31. The number of amides is 2. The number of carbonyl (C=O) groups excluding carboxylic acids is 1. The summed E-state index contributed by atoms with van der Waals surface area (Å²) >= 11 is 0. The number of fused-ring (bicyclic) bond motifs is 2. The summed E-state index contributed by atoms with van der Waals surface area (Å²) in [5, 5.41) is 19.5. The molecule has 3 aliphatic rings. The molecule has 0 atom stereocenters. The lowest BCUT2D eigenvalue weighted by Crippen LogP contribution is -2.33. The van der Waals surface area contributed by atoms with Crippen LogP contribution in [0.15, 0.2) is 35.1 Å². The van der Waals surface area contributed by atoms with Gasteiger partial charge in [0.15, 0.2) is 5.82 Å². The quantitative estimate of drug-likeness (QED) is 0.559. The Morgan fingerprint density at radius 3 is 3.03 bits per heavy atom. The van der Waals surface area contributed by atoms with E-state index in [4.69, 9.17) is 9.26 Å². The van der Waals surface area contributed by atoms with Crippen molar-refractivity contribution in [2.24, 2.45) is 0 Å². The smallest absolute Gasteiger partial charge is 0.327 e. The highest BCUT2D eigenvalue weighted by molar-refractivity contribution is 6.02. The first-order valence-corrected chi connectivity index (χ1v) is 10.7. The summed E-state index contributed by atoms with van der Waals surface area (Å²) in [7, 11) is 0. The monoisotopic (exact) mass is 434 g/mol. The number of nitrogens with one attached hydrogen (secondary N) is 2. The number of benzene rings is 1. The van der Waals surface area contributed by atoms with Crippen molar-refractivity contribution in [3.05, 3.63) is 53.2 Å². The molecule has 2 aromatic heterocycles. The summed E-state index contributed by atoms with van der Waals surface area (Å²) < 4.78 is 11.4. The molecule has 164 valence electrons. The van der Waals surface area contributed by atoms with Crippen molar-refractivity contribution in [3.63, 3.8) is 0 Å². The number of carbonyl (C=O) groups is 1. The van der Waals surface area contributed by atoms with Crippen LogP contribution in [0.5, 0.6) is 11.6 Å². The Balaban J connectivity index is 1.16. The maximum absolute atomic E-state index is 12.9.